The Morgan fingerprint density at radius 3 is 2.81 bits per heavy atom. The third-order valence-electron chi connectivity index (χ3n) is 4.29. The number of carbonyl (C=O) groups excluding carboxylic acids is 1. The van der Waals surface area contributed by atoms with E-state index in [9.17, 15) is 9.18 Å². The first-order valence-electron chi connectivity index (χ1n) is 8.28. The number of halogens is 2. The predicted molar refractivity (Wildman–Crippen MR) is 98.5 cm³/mol. The number of carbonyl (C=O) groups is 1. The van der Waals surface area contributed by atoms with Crippen molar-refractivity contribution in [1.82, 2.24) is 4.90 Å². The molecule has 0 radical (unpaired) electrons. The van der Waals surface area contributed by atoms with Crippen LogP contribution >= 0.6 is 11.6 Å². The van der Waals surface area contributed by atoms with Gasteiger partial charge in [0.05, 0.1) is 16.8 Å². The molecule has 0 spiro atoms. The lowest BCUT2D eigenvalue weighted by Gasteiger charge is -2.31. The van der Waals surface area contributed by atoms with Crippen LogP contribution in [-0.4, -0.2) is 43.2 Å². The number of likely N-dealkylation sites (N-methyl/N-ethyl adjacent to an activating group) is 1. The van der Waals surface area contributed by atoms with Crippen LogP contribution in [0.4, 0.5) is 10.1 Å². The second kappa shape index (κ2) is 7.93. The first kappa shape index (κ1) is 18.5. The van der Waals surface area contributed by atoms with Gasteiger partial charge in [-0.15, -0.1) is 0 Å². The summed E-state index contributed by atoms with van der Waals surface area (Å²) in [5.41, 5.74) is 0.379. The molecule has 1 amide bonds. The largest absolute Gasteiger partial charge is 0.486 e. The van der Waals surface area contributed by atoms with Crippen LogP contribution in [0.1, 0.15) is 6.92 Å². The molecule has 7 heteroatoms. The first-order valence-corrected chi connectivity index (χ1v) is 8.66. The summed E-state index contributed by atoms with van der Waals surface area (Å²) in [6.07, 6.45) is -0.181. The summed E-state index contributed by atoms with van der Waals surface area (Å²) < 4.78 is 24.7. The molecule has 2 atom stereocenters. The maximum atomic E-state index is 13.1. The number of hydrogen-bond donors (Lipinski definition) is 1. The summed E-state index contributed by atoms with van der Waals surface area (Å²) in [5, 5.41) is 2.88. The minimum absolute atomic E-state index is 0.161. The fourth-order valence-electron chi connectivity index (χ4n) is 2.66. The number of hydrogen-bond acceptors (Lipinski definition) is 4. The molecule has 0 unspecified atom stereocenters. The van der Waals surface area contributed by atoms with Crippen LogP contribution in [-0.2, 0) is 4.79 Å². The van der Waals surface area contributed by atoms with Crippen molar-refractivity contribution in [2.75, 3.05) is 25.5 Å². The summed E-state index contributed by atoms with van der Waals surface area (Å²) in [5.74, 6) is 0.738. The third-order valence-corrected chi connectivity index (χ3v) is 4.60. The lowest BCUT2D eigenvalue weighted by molar-refractivity contribution is -0.120. The number of anilines is 1. The number of nitrogens with one attached hydrogen (secondary N) is 1. The molecule has 0 aromatic heterocycles. The van der Waals surface area contributed by atoms with Gasteiger partial charge in [0.2, 0.25) is 5.91 Å². The minimum atomic E-state index is -0.451. The van der Waals surface area contributed by atoms with Crippen LogP contribution in [0, 0.1) is 5.82 Å². The van der Waals surface area contributed by atoms with Gasteiger partial charge in [0.1, 0.15) is 18.5 Å². The maximum Gasteiger partial charge on any atom is 0.241 e. The Labute approximate surface area is 156 Å². The highest BCUT2D eigenvalue weighted by molar-refractivity contribution is 6.33. The Morgan fingerprint density at radius 2 is 2.08 bits per heavy atom. The van der Waals surface area contributed by atoms with Crippen molar-refractivity contribution in [3.63, 3.8) is 0 Å². The summed E-state index contributed by atoms with van der Waals surface area (Å²) in [4.78, 5) is 14.3. The van der Waals surface area contributed by atoms with Crippen molar-refractivity contribution in [3.05, 3.63) is 53.3 Å². The standard InChI is InChI=1S/C19H20ClFN2O3/c1-12(19(24)22-16-8-7-13(21)9-15(16)20)23(2)10-14-11-25-17-5-3-4-6-18(17)26-14/h3-9,12,14H,10-11H2,1-2H3,(H,22,24)/t12-,14+/m1/s1. The zero-order chi connectivity index (χ0) is 18.7. The molecular weight excluding hydrogens is 359 g/mol. The molecule has 0 bridgehead atoms. The van der Waals surface area contributed by atoms with Gasteiger partial charge in [0, 0.05) is 6.54 Å². The number of nitrogens with zero attached hydrogens (tertiary/aromatic N) is 1. The average molecular weight is 379 g/mol. The van der Waals surface area contributed by atoms with Gasteiger partial charge in [-0.3, -0.25) is 9.69 Å². The van der Waals surface area contributed by atoms with E-state index >= 15 is 0 Å². The van der Waals surface area contributed by atoms with Crippen molar-refractivity contribution < 1.29 is 18.7 Å². The lowest BCUT2D eigenvalue weighted by atomic mass is 10.2. The number of amides is 1. The Balaban J connectivity index is 1.57. The molecule has 0 fully saturated rings. The quantitative estimate of drug-likeness (QED) is 0.864. The van der Waals surface area contributed by atoms with Crippen molar-refractivity contribution in [1.29, 1.82) is 0 Å². The molecule has 3 rings (SSSR count). The van der Waals surface area contributed by atoms with E-state index in [1.54, 1.807) is 6.92 Å². The molecule has 26 heavy (non-hydrogen) atoms. The molecule has 1 aliphatic rings. The Hall–Kier alpha value is -2.31. The molecule has 0 saturated carbocycles. The van der Waals surface area contributed by atoms with Gasteiger partial charge in [-0.05, 0) is 44.3 Å². The second-order valence-electron chi connectivity index (χ2n) is 6.23. The smallest absolute Gasteiger partial charge is 0.241 e. The topological polar surface area (TPSA) is 50.8 Å². The maximum absolute atomic E-state index is 13.1. The van der Waals surface area contributed by atoms with E-state index < -0.39 is 11.9 Å². The average Bonchev–Trinajstić information content (AvgIpc) is 2.63. The van der Waals surface area contributed by atoms with Gasteiger partial charge in [-0.25, -0.2) is 4.39 Å². The van der Waals surface area contributed by atoms with Crippen molar-refractivity contribution >= 4 is 23.2 Å². The van der Waals surface area contributed by atoms with E-state index in [2.05, 4.69) is 5.32 Å². The Morgan fingerprint density at radius 1 is 1.35 bits per heavy atom. The number of para-hydroxylation sites is 2. The summed E-state index contributed by atoms with van der Waals surface area (Å²) >= 11 is 5.96. The van der Waals surface area contributed by atoms with E-state index in [4.69, 9.17) is 21.1 Å². The van der Waals surface area contributed by atoms with Gasteiger partial charge in [-0.2, -0.15) is 0 Å². The van der Waals surface area contributed by atoms with Crippen molar-refractivity contribution in [2.24, 2.45) is 0 Å². The lowest BCUT2D eigenvalue weighted by Crippen LogP contribution is -2.46. The minimum Gasteiger partial charge on any atom is -0.486 e. The number of ether oxygens (including phenoxy) is 2. The molecule has 138 valence electrons. The number of rotatable bonds is 5. The highest BCUT2D eigenvalue weighted by Crippen LogP contribution is 2.31. The van der Waals surface area contributed by atoms with Crippen LogP contribution in [0.2, 0.25) is 5.02 Å². The Bertz CT molecular complexity index is 802. The highest BCUT2D eigenvalue weighted by Gasteiger charge is 2.26. The molecule has 5 nitrogen and oxygen atoms in total. The van der Waals surface area contributed by atoms with E-state index in [1.807, 2.05) is 36.2 Å². The van der Waals surface area contributed by atoms with Crippen LogP contribution in [0.5, 0.6) is 11.5 Å². The zero-order valence-electron chi connectivity index (χ0n) is 14.5. The predicted octanol–water partition coefficient (Wildman–Crippen LogP) is 3.58. The third kappa shape index (κ3) is 4.26. The molecule has 1 N–H and O–H groups in total. The fraction of sp³-hybridized carbons (Fsp3) is 0.316. The zero-order valence-corrected chi connectivity index (χ0v) is 15.3. The molecule has 2 aromatic rings. The molecule has 1 aliphatic heterocycles. The molecule has 0 saturated heterocycles. The summed E-state index contributed by atoms with van der Waals surface area (Å²) in [6.45, 7) is 2.71. The molecule has 1 heterocycles. The Kier molecular flexibility index (Phi) is 5.64. The first-order chi connectivity index (χ1) is 12.4. The summed E-state index contributed by atoms with van der Waals surface area (Å²) in [6, 6.07) is 10.9. The summed E-state index contributed by atoms with van der Waals surface area (Å²) in [7, 11) is 1.83. The van der Waals surface area contributed by atoms with Crippen LogP contribution in [0.3, 0.4) is 0 Å². The molecular formula is C19H20ClFN2O3. The molecule has 0 aliphatic carbocycles. The van der Waals surface area contributed by atoms with Crippen LogP contribution < -0.4 is 14.8 Å². The van der Waals surface area contributed by atoms with Crippen molar-refractivity contribution in [3.8, 4) is 11.5 Å². The van der Waals surface area contributed by atoms with E-state index in [1.165, 1.54) is 12.1 Å². The van der Waals surface area contributed by atoms with E-state index in [0.29, 0.717) is 24.6 Å². The normalized spacial score (nSPS) is 17.0. The SMILES string of the molecule is C[C@H](C(=O)Nc1ccc(F)cc1Cl)N(C)C[C@H]1COc2ccccc2O1. The van der Waals surface area contributed by atoms with Gasteiger partial charge >= 0.3 is 0 Å². The number of fused-ring (bicyclic) bond motifs is 1. The number of benzene rings is 2. The van der Waals surface area contributed by atoms with Gasteiger partial charge in [-0.1, -0.05) is 23.7 Å². The monoisotopic (exact) mass is 378 g/mol. The van der Waals surface area contributed by atoms with Crippen molar-refractivity contribution in [2.45, 2.75) is 19.1 Å². The molecule has 2 aromatic carbocycles. The second-order valence-corrected chi connectivity index (χ2v) is 6.63. The van der Waals surface area contributed by atoms with Gasteiger partial charge in [0.15, 0.2) is 11.5 Å². The highest BCUT2D eigenvalue weighted by atomic mass is 35.5. The van der Waals surface area contributed by atoms with Gasteiger partial charge < -0.3 is 14.8 Å². The fourth-order valence-corrected chi connectivity index (χ4v) is 2.88. The van der Waals surface area contributed by atoms with Gasteiger partial charge in [0.25, 0.3) is 0 Å². The van der Waals surface area contributed by atoms with E-state index in [-0.39, 0.29) is 17.0 Å². The van der Waals surface area contributed by atoms with Crippen LogP contribution in [0.15, 0.2) is 42.5 Å². The van der Waals surface area contributed by atoms with Crippen LogP contribution in [0.25, 0.3) is 0 Å². The van der Waals surface area contributed by atoms with E-state index in [0.717, 1.165) is 11.8 Å².